The summed E-state index contributed by atoms with van der Waals surface area (Å²) in [6, 6.07) is 9.97. The molecule has 0 aliphatic carbocycles. The molecule has 1 rings (SSSR count). The minimum Gasteiger partial charge on any atom is -0.303 e. The van der Waals surface area contributed by atoms with E-state index in [-0.39, 0.29) is 6.61 Å². The second kappa shape index (κ2) is 6.03. The maximum atomic E-state index is 10.3. The summed E-state index contributed by atoms with van der Waals surface area (Å²) in [6.07, 6.45) is 2.43. The zero-order valence-corrected chi connectivity index (χ0v) is 9.27. The highest BCUT2D eigenvalue weighted by Crippen LogP contribution is 2.35. The Hall–Kier alpha value is -0.670. The maximum Gasteiger partial charge on any atom is 0.469 e. The van der Waals surface area contributed by atoms with E-state index in [0.29, 0.717) is 6.42 Å². The van der Waals surface area contributed by atoms with Gasteiger partial charge < -0.3 is 9.79 Å². The molecule has 5 heteroatoms. The highest BCUT2D eigenvalue weighted by atomic mass is 31.2. The van der Waals surface area contributed by atoms with Gasteiger partial charge in [0.05, 0.1) is 6.61 Å². The standard InChI is InChI=1S/C10H15O4P/c11-15(12,13)14-9-5-4-8-10-6-2-1-3-7-10/h1-3,6-7H,4-5,8-9H2,(H2,11,12,13). The Balaban J connectivity index is 2.10. The second-order valence-corrected chi connectivity index (χ2v) is 4.51. The summed E-state index contributed by atoms with van der Waals surface area (Å²) < 4.78 is 14.7. The third-order valence-corrected chi connectivity index (χ3v) is 2.48. The van der Waals surface area contributed by atoms with Crippen molar-refractivity contribution < 1.29 is 18.9 Å². The molecular weight excluding hydrogens is 215 g/mol. The van der Waals surface area contributed by atoms with Crippen LogP contribution in [0.1, 0.15) is 18.4 Å². The van der Waals surface area contributed by atoms with E-state index in [1.807, 2.05) is 30.3 Å². The molecule has 15 heavy (non-hydrogen) atoms. The predicted octanol–water partition coefficient (Wildman–Crippen LogP) is 2.12. The van der Waals surface area contributed by atoms with Crippen molar-refractivity contribution >= 4 is 7.82 Å². The average Bonchev–Trinajstić information content (AvgIpc) is 2.17. The third kappa shape index (κ3) is 6.42. The Morgan fingerprint density at radius 1 is 1.13 bits per heavy atom. The minimum absolute atomic E-state index is 0.108. The molecule has 0 amide bonds. The van der Waals surface area contributed by atoms with Gasteiger partial charge in [-0.25, -0.2) is 4.57 Å². The van der Waals surface area contributed by atoms with Crippen LogP contribution in [0.4, 0.5) is 0 Å². The van der Waals surface area contributed by atoms with E-state index >= 15 is 0 Å². The summed E-state index contributed by atoms with van der Waals surface area (Å²) in [5.41, 5.74) is 1.23. The van der Waals surface area contributed by atoms with Crippen LogP contribution in [0.2, 0.25) is 0 Å². The van der Waals surface area contributed by atoms with Crippen molar-refractivity contribution in [2.45, 2.75) is 19.3 Å². The Morgan fingerprint density at radius 3 is 2.40 bits per heavy atom. The van der Waals surface area contributed by atoms with Gasteiger partial charge in [0.2, 0.25) is 0 Å². The molecule has 4 nitrogen and oxygen atoms in total. The van der Waals surface area contributed by atoms with Crippen LogP contribution >= 0.6 is 7.82 Å². The van der Waals surface area contributed by atoms with Crippen molar-refractivity contribution in [3.8, 4) is 0 Å². The van der Waals surface area contributed by atoms with Crippen molar-refractivity contribution in [1.82, 2.24) is 0 Å². The SMILES string of the molecule is O=P(O)(O)OCCCCc1ccccc1. The number of hydrogen-bond donors (Lipinski definition) is 2. The van der Waals surface area contributed by atoms with Crippen molar-refractivity contribution in [2.24, 2.45) is 0 Å². The summed E-state index contributed by atoms with van der Waals surface area (Å²) in [5.74, 6) is 0. The van der Waals surface area contributed by atoms with E-state index in [0.717, 1.165) is 12.8 Å². The van der Waals surface area contributed by atoms with Crippen LogP contribution in [0, 0.1) is 0 Å². The number of hydrogen-bond acceptors (Lipinski definition) is 2. The fourth-order valence-corrected chi connectivity index (χ4v) is 1.63. The topological polar surface area (TPSA) is 66.8 Å². The molecule has 0 aliphatic heterocycles. The highest BCUT2D eigenvalue weighted by Gasteiger charge is 2.12. The largest absolute Gasteiger partial charge is 0.469 e. The fourth-order valence-electron chi connectivity index (χ4n) is 1.26. The lowest BCUT2D eigenvalue weighted by atomic mass is 10.1. The molecule has 0 aromatic heterocycles. The molecular formula is C10H15O4P. The molecule has 0 atom stereocenters. The Labute approximate surface area is 89.1 Å². The van der Waals surface area contributed by atoms with Gasteiger partial charge in [-0.3, -0.25) is 4.52 Å². The summed E-state index contributed by atoms with van der Waals surface area (Å²) in [6.45, 7) is 0.108. The summed E-state index contributed by atoms with van der Waals surface area (Å²) in [7, 11) is -4.28. The van der Waals surface area contributed by atoms with Crippen LogP contribution in [0.3, 0.4) is 0 Å². The molecule has 0 radical (unpaired) electrons. The molecule has 0 unspecified atom stereocenters. The average molecular weight is 230 g/mol. The van der Waals surface area contributed by atoms with Gasteiger partial charge in [0.1, 0.15) is 0 Å². The third-order valence-electron chi connectivity index (χ3n) is 1.96. The number of phosphoric acid groups is 1. The van der Waals surface area contributed by atoms with Gasteiger partial charge >= 0.3 is 7.82 Å². The monoisotopic (exact) mass is 230 g/mol. The van der Waals surface area contributed by atoms with Gasteiger partial charge in [-0.2, -0.15) is 0 Å². The van der Waals surface area contributed by atoms with E-state index < -0.39 is 7.82 Å². The number of benzene rings is 1. The molecule has 0 saturated carbocycles. The van der Waals surface area contributed by atoms with Crippen molar-refractivity contribution in [1.29, 1.82) is 0 Å². The fraction of sp³-hybridized carbons (Fsp3) is 0.400. The molecule has 84 valence electrons. The van der Waals surface area contributed by atoms with Gasteiger partial charge in [0.15, 0.2) is 0 Å². The van der Waals surface area contributed by atoms with E-state index in [9.17, 15) is 4.57 Å². The van der Waals surface area contributed by atoms with Crippen LogP contribution in [0.25, 0.3) is 0 Å². The van der Waals surface area contributed by atoms with Crippen LogP contribution < -0.4 is 0 Å². The summed E-state index contributed by atoms with van der Waals surface area (Å²) in [5, 5.41) is 0. The first-order chi connectivity index (χ1) is 7.08. The highest BCUT2D eigenvalue weighted by molar-refractivity contribution is 7.46. The number of rotatable bonds is 6. The van der Waals surface area contributed by atoms with Gasteiger partial charge in [-0.1, -0.05) is 30.3 Å². The first-order valence-corrected chi connectivity index (χ1v) is 6.35. The normalized spacial score (nSPS) is 11.6. The summed E-state index contributed by atoms with van der Waals surface area (Å²) >= 11 is 0. The van der Waals surface area contributed by atoms with Gasteiger partial charge in [-0.15, -0.1) is 0 Å². The minimum atomic E-state index is -4.28. The van der Waals surface area contributed by atoms with Crippen LogP contribution in [0.5, 0.6) is 0 Å². The molecule has 2 N–H and O–H groups in total. The Morgan fingerprint density at radius 2 is 1.80 bits per heavy atom. The lowest BCUT2D eigenvalue weighted by Crippen LogP contribution is -1.93. The van der Waals surface area contributed by atoms with Crippen LogP contribution in [0.15, 0.2) is 30.3 Å². The van der Waals surface area contributed by atoms with Crippen molar-refractivity contribution in [2.75, 3.05) is 6.61 Å². The molecule has 1 aromatic carbocycles. The quantitative estimate of drug-likeness (QED) is 0.580. The molecule has 0 heterocycles. The smallest absolute Gasteiger partial charge is 0.303 e. The molecule has 0 fully saturated rings. The Kier molecular flexibility index (Phi) is 4.99. The molecule has 0 aliphatic rings. The summed E-state index contributed by atoms with van der Waals surface area (Å²) in [4.78, 5) is 16.8. The molecule has 1 aromatic rings. The Bertz CT molecular complexity index is 319. The molecule has 0 saturated heterocycles. The predicted molar refractivity (Wildman–Crippen MR) is 57.4 cm³/mol. The number of aryl methyl sites for hydroxylation is 1. The second-order valence-electron chi connectivity index (χ2n) is 3.27. The van der Waals surface area contributed by atoms with Gasteiger partial charge in [0.25, 0.3) is 0 Å². The van der Waals surface area contributed by atoms with Crippen LogP contribution in [-0.2, 0) is 15.5 Å². The van der Waals surface area contributed by atoms with Gasteiger partial charge in [0, 0.05) is 0 Å². The lowest BCUT2D eigenvalue weighted by Gasteiger charge is -2.04. The first kappa shape index (κ1) is 12.4. The van der Waals surface area contributed by atoms with E-state index in [2.05, 4.69) is 4.52 Å². The molecule has 0 bridgehead atoms. The van der Waals surface area contributed by atoms with E-state index in [1.54, 1.807) is 0 Å². The lowest BCUT2D eigenvalue weighted by molar-refractivity contribution is 0.194. The van der Waals surface area contributed by atoms with Crippen molar-refractivity contribution in [3.63, 3.8) is 0 Å². The van der Waals surface area contributed by atoms with Gasteiger partial charge in [-0.05, 0) is 24.8 Å². The zero-order valence-electron chi connectivity index (χ0n) is 8.37. The maximum absolute atomic E-state index is 10.3. The van der Waals surface area contributed by atoms with Crippen molar-refractivity contribution in [3.05, 3.63) is 35.9 Å². The zero-order chi connectivity index (χ0) is 11.1. The number of phosphoric ester groups is 1. The van der Waals surface area contributed by atoms with E-state index in [4.69, 9.17) is 9.79 Å². The number of unbranched alkanes of at least 4 members (excludes halogenated alkanes) is 1. The van der Waals surface area contributed by atoms with Crippen LogP contribution in [-0.4, -0.2) is 16.4 Å². The first-order valence-electron chi connectivity index (χ1n) is 4.82. The molecule has 0 spiro atoms. The van der Waals surface area contributed by atoms with E-state index in [1.165, 1.54) is 5.56 Å².